The first kappa shape index (κ1) is 39.4. The standard InChI is InChI=1S/C30H33N3O5S.C10H12.C6H6/c34-28-14-13-26(29(35)32-28)33-18-24-25(30(33)36)20-39-27(24)19-38-23-11-9-21(10-12-23)17-31-15-5-2-6-16-37-22-7-3-1-4-8-22;1-2-6-10-8-4-3-7-9(10)5-1;1-2-4-6-5-3-1/h1,3-4,7-12,20,26,31H,2,5-6,13-19H2,(H,32,34,35);1-2,5-6H,3-4,7-8H2;1-6H. The maximum Gasteiger partial charge on any atom is 0.256 e. The number of imide groups is 1. The van der Waals surface area contributed by atoms with Gasteiger partial charge in [0.05, 0.1) is 12.2 Å². The molecule has 286 valence electrons. The zero-order valence-electron chi connectivity index (χ0n) is 31.4. The van der Waals surface area contributed by atoms with Crippen molar-refractivity contribution in [3.8, 4) is 11.5 Å². The largest absolute Gasteiger partial charge is 0.494 e. The van der Waals surface area contributed by atoms with E-state index < -0.39 is 11.9 Å². The summed E-state index contributed by atoms with van der Waals surface area (Å²) in [5, 5.41) is 7.67. The van der Waals surface area contributed by atoms with Crippen LogP contribution in [0.5, 0.6) is 11.5 Å². The molecule has 0 spiro atoms. The van der Waals surface area contributed by atoms with Gasteiger partial charge in [-0.1, -0.05) is 91.0 Å². The van der Waals surface area contributed by atoms with E-state index >= 15 is 0 Å². The Kier molecular flexibility index (Phi) is 15.1. The predicted molar refractivity (Wildman–Crippen MR) is 218 cm³/mol. The number of nitrogens with zero attached hydrogens (tertiary/aromatic N) is 1. The molecule has 0 radical (unpaired) electrons. The first-order chi connectivity index (χ1) is 27.0. The molecule has 4 aromatic carbocycles. The van der Waals surface area contributed by atoms with Crippen LogP contribution in [0, 0.1) is 0 Å². The van der Waals surface area contributed by atoms with E-state index in [-0.39, 0.29) is 18.2 Å². The maximum atomic E-state index is 12.9. The van der Waals surface area contributed by atoms with Gasteiger partial charge in [-0.3, -0.25) is 19.7 Å². The number of benzene rings is 4. The fraction of sp³-hybridized carbons (Fsp3) is 0.326. The summed E-state index contributed by atoms with van der Waals surface area (Å²) in [6.07, 6.45) is 9.25. The lowest BCUT2D eigenvalue weighted by atomic mass is 9.92. The van der Waals surface area contributed by atoms with Crippen LogP contribution in [0.3, 0.4) is 0 Å². The summed E-state index contributed by atoms with van der Waals surface area (Å²) < 4.78 is 11.7. The Hall–Kier alpha value is -5.25. The summed E-state index contributed by atoms with van der Waals surface area (Å²) in [4.78, 5) is 39.2. The van der Waals surface area contributed by atoms with Crippen LogP contribution >= 0.6 is 11.3 Å². The lowest BCUT2D eigenvalue weighted by Crippen LogP contribution is -2.52. The molecule has 55 heavy (non-hydrogen) atoms. The maximum absolute atomic E-state index is 12.9. The Labute approximate surface area is 328 Å². The number of aryl methyl sites for hydroxylation is 2. The second-order valence-corrected chi connectivity index (χ2v) is 14.9. The number of piperidine rings is 1. The van der Waals surface area contributed by atoms with Crippen LogP contribution in [0.2, 0.25) is 0 Å². The minimum atomic E-state index is -0.601. The van der Waals surface area contributed by atoms with Crippen LogP contribution in [-0.4, -0.2) is 41.8 Å². The van der Waals surface area contributed by atoms with Gasteiger partial charge in [-0.05, 0) is 98.9 Å². The van der Waals surface area contributed by atoms with Crippen molar-refractivity contribution in [2.45, 2.75) is 83.5 Å². The van der Waals surface area contributed by atoms with Crippen molar-refractivity contribution < 1.29 is 23.9 Å². The quantitative estimate of drug-likeness (QED) is 0.0922. The number of amides is 3. The number of carbonyl (C=O) groups is 3. The van der Waals surface area contributed by atoms with Gasteiger partial charge in [0.2, 0.25) is 11.8 Å². The van der Waals surface area contributed by atoms with Crippen molar-refractivity contribution >= 4 is 29.1 Å². The Morgan fingerprint density at radius 2 is 1.35 bits per heavy atom. The molecular formula is C46H51N3O5S. The number of ether oxygens (including phenoxy) is 2. The van der Waals surface area contributed by atoms with Crippen LogP contribution in [-0.2, 0) is 42.1 Å². The number of hydrogen-bond acceptors (Lipinski definition) is 7. The van der Waals surface area contributed by atoms with Crippen molar-refractivity contribution in [1.82, 2.24) is 15.5 Å². The summed E-state index contributed by atoms with van der Waals surface area (Å²) in [5.74, 6) is 0.863. The number of para-hydroxylation sites is 1. The molecule has 2 aliphatic heterocycles. The summed E-state index contributed by atoms with van der Waals surface area (Å²) >= 11 is 1.50. The average molecular weight is 758 g/mol. The Morgan fingerprint density at radius 3 is 2.02 bits per heavy atom. The highest BCUT2D eigenvalue weighted by Crippen LogP contribution is 2.34. The van der Waals surface area contributed by atoms with Crippen molar-refractivity contribution in [1.29, 1.82) is 0 Å². The predicted octanol–water partition coefficient (Wildman–Crippen LogP) is 8.68. The second-order valence-electron chi connectivity index (χ2n) is 13.9. The molecule has 2 N–H and O–H groups in total. The normalized spacial score (nSPS) is 15.7. The van der Waals surface area contributed by atoms with Crippen LogP contribution in [0.25, 0.3) is 0 Å². The number of rotatable bonds is 13. The topological polar surface area (TPSA) is 97.0 Å². The van der Waals surface area contributed by atoms with E-state index in [1.807, 2.05) is 84.2 Å². The second kappa shape index (κ2) is 21.0. The molecule has 9 heteroatoms. The van der Waals surface area contributed by atoms with Gasteiger partial charge in [0, 0.05) is 35.3 Å². The van der Waals surface area contributed by atoms with E-state index in [9.17, 15) is 14.4 Å². The van der Waals surface area contributed by atoms with E-state index in [1.54, 1.807) is 16.0 Å². The molecule has 3 aliphatic rings. The van der Waals surface area contributed by atoms with E-state index in [0.717, 1.165) is 60.9 Å². The minimum Gasteiger partial charge on any atom is -0.494 e. The Bertz CT molecular complexity index is 1900. The van der Waals surface area contributed by atoms with Gasteiger partial charge in [-0.2, -0.15) is 0 Å². The van der Waals surface area contributed by atoms with Crippen molar-refractivity contribution in [2.24, 2.45) is 0 Å². The highest BCUT2D eigenvalue weighted by molar-refractivity contribution is 7.10. The zero-order valence-corrected chi connectivity index (χ0v) is 32.2. The van der Waals surface area contributed by atoms with Crippen LogP contribution < -0.4 is 20.1 Å². The lowest BCUT2D eigenvalue weighted by Gasteiger charge is -2.29. The molecule has 1 saturated heterocycles. The molecule has 1 fully saturated rings. The van der Waals surface area contributed by atoms with E-state index in [2.05, 4.69) is 47.0 Å². The monoisotopic (exact) mass is 757 g/mol. The van der Waals surface area contributed by atoms with Crippen LogP contribution in [0.1, 0.15) is 82.4 Å². The summed E-state index contributed by atoms with van der Waals surface area (Å²) in [6, 6.07) is 38.2. The molecule has 3 amide bonds. The van der Waals surface area contributed by atoms with E-state index in [1.165, 1.54) is 42.6 Å². The molecule has 8 nitrogen and oxygen atoms in total. The molecule has 3 heterocycles. The van der Waals surface area contributed by atoms with Gasteiger partial charge in [0.25, 0.3) is 5.91 Å². The molecule has 1 unspecified atom stereocenters. The van der Waals surface area contributed by atoms with Gasteiger partial charge in [0.15, 0.2) is 0 Å². The highest BCUT2D eigenvalue weighted by atomic mass is 32.1. The zero-order chi connectivity index (χ0) is 38.1. The number of unbranched alkanes of at least 4 members (excludes halogenated alkanes) is 2. The molecule has 8 rings (SSSR count). The number of nitrogens with one attached hydrogen (secondary N) is 2. The van der Waals surface area contributed by atoms with Crippen LogP contribution in [0.4, 0.5) is 0 Å². The molecule has 5 aromatic rings. The molecular weight excluding hydrogens is 707 g/mol. The van der Waals surface area contributed by atoms with Gasteiger partial charge in [0.1, 0.15) is 24.1 Å². The number of fused-ring (bicyclic) bond motifs is 2. The van der Waals surface area contributed by atoms with E-state index in [4.69, 9.17) is 9.47 Å². The number of hydrogen-bond donors (Lipinski definition) is 2. The van der Waals surface area contributed by atoms with E-state index in [0.29, 0.717) is 25.1 Å². The summed E-state index contributed by atoms with van der Waals surface area (Å²) in [5.41, 5.74) is 5.90. The average Bonchev–Trinajstić information content (AvgIpc) is 3.79. The molecule has 1 aromatic heterocycles. The summed E-state index contributed by atoms with van der Waals surface area (Å²) in [7, 11) is 0. The first-order valence-electron chi connectivity index (χ1n) is 19.5. The molecule has 0 saturated carbocycles. The fourth-order valence-corrected chi connectivity index (χ4v) is 7.85. The molecule has 0 bridgehead atoms. The smallest absolute Gasteiger partial charge is 0.256 e. The number of thiophene rings is 1. The van der Waals surface area contributed by atoms with Crippen molar-refractivity contribution in [2.75, 3.05) is 13.2 Å². The van der Waals surface area contributed by atoms with Gasteiger partial charge in [-0.25, -0.2) is 0 Å². The number of carbonyl (C=O) groups excluding carboxylic acids is 3. The van der Waals surface area contributed by atoms with Gasteiger partial charge in [-0.15, -0.1) is 11.3 Å². The molecule has 1 aliphatic carbocycles. The third kappa shape index (κ3) is 11.9. The van der Waals surface area contributed by atoms with Crippen LogP contribution in [0.15, 0.2) is 121 Å². The summed E-state index contributed by atoms with van der Waals surface area (Å²) in [6.45, 7) is 3.24. The SMILES string of the molecule is O=C1CCC(N2Cc3c(csc3COc3ccc(CNCCCCCOc4ccccc4)cc3)C2=O)C(=O)N1.c1ccc2c(c1)CCCC2.c1ccccc1. The fourth-order valence-electron chi connectivity index (χ4n) is 6.91. The Balaban J connectivity index is 0.000000262. The third-order valence-corrected chi connectivity index (χ3v) is 10.9. The minimum absolute atomic E-state index is 0.153. The Morgan fingerprint density at radius 1 is 0.709 bits per heavy atom. The first-order valence-corrected chi connectivity index (χ1v) is 20.3. The van der Waals surface area contributed by atoms with Gasteiger partial charge >= 0.3 is 0 Å². The molecule has 1 atom stereocenters. The van der Waals surface area contributed by atoms with Gasteiger partial charge < -0.3 is 19.7 Å². The van der Waals surface area contributed by atoms with Crippen molar-refractivity contribution in [3.63, 3.8) is 0 Å². The van der Waals surface area contributed by atoms with Crippen molar-refractivity contribution in [3.05, 3.63) is 153 Å². The third-order valence-electron chi connectivity index (χ3n) is 9.95. The highest BCUT2D eigenvalue weighted by Gasteiger charge is 2.40. The lowest BCUT2D eigenvalue weighted by molar-refractivity contribution is -0.136.